The summed E-state index contributed by atoms with van der Waals surface area (Å²) < 4.78 is 5.71. The van der Waals surface area contributed by atoms with Crippen LogP contribution < -0.4 is 5.32 Å². The second kappa shape index (κ2) is 10.1. The number of carboxylic acid groups (broad SMARTS) is 1. The Balaban J connectivity index is 1.25. The summed E-state index contributed by atoms with van der Waals surface area (Å²) in [5.41, 5.74) is 4.64. The van der Waals surface area contributed by atoms with Crippen LogP contribution in [-0.4, -0.2) is 53.2 Å². The van der Waals surface area contributed by atoms with Crippen molar-refractivity contribution in [3.05, 3.63) is 59.7 Å². The molecule has 2 N–H and O–H groups in total. The van der Waals surface area contributed by atoms with Gasteiger partial charge in [0, 0.05) is 18.5 Å². The van der Waals surface area contributed by atoms with Crippen LogP contribution in [-0.2, 0) is 14.3 Å². The van der Waals surface area contributed by atoms with Crippen LogP contribution in [0.25, 0.3) is 11.1 Å². The van der Waals surface area contributed by atoms with E-state index in [1.807, 2.05) is 24.3 Å². The lowest BCUT2D eigenvalue weighted by atomic mass is 9.82. The number of carbonyl (C=O) groups is 3. The number of likely N-dealkylation sites (tertiary alicyclic amines) is 1. The number of aliphatic carboxylic acids is 1. The number of ether oxygens (including phenoxy) is 1. The van der Waals surface area contributed by atoms with Gasteiger partial charge in [0.25, 0.3) is 0 Å². The van der Waals surface area contributed by atoms with Gasteiger partial charge in [0.05, 0.1) is 5.92 Å². The van der Waals surface area contributed by atoms with Crippen LogP contribution in [0, 0.1) is 5.92 Å². The van der Waals surface area contributed by atoms with Gasteiger partial charge in [-0.05, 0) is 54.4 Å². The van der Waals surface area contributed by atoms with Crippen molar-refractivity contribution in [1.29, 1.82) is 0 Å². The average molecular weight is 477 g/mol. The Morgan fingerprint density at radius 2 is 1.51 bits per heavy atom. The zero-order valence-corrected chi connectivity index (χ0v) is 19.8. The number of nitrogens with one attached hydrogen (secondary N) is 1. The van der Waals surface area contributed by atoms with Gasteiger partial charge in [-0.3, -0.25) is 4.79 Å². The molecule has 7 heteroatoms. The molecule has 0 bridgehead atoms. The topological polar surface area (TPSA) is 95.9 Å². The smallest absolute Gasteiger partial charge is 0.407 e. The standard InChI is InChI=1S/C28H32N2O5/c31-26(30-16-8-7-15-25(30)27(32)33)22-13-5-6-14-24(22)29-28(34)35-17-23-20-11-3-1-9-18(20)19-10-2-4-12-21(19)23/h1-4,9-12,22-25H,5-8,13-17H2,(H,29,34)(H,32,33). The number of benzene rings is 2. The highest BCUT2D eigenvalue weighted by molar-refractivity contribution is 5.86. The van der Waals surface area contributed by atoms with Crippen LogP contribution >= 0.6 is 0 Å². The van der Waals surface area contributed by atoms with Crippen molar-refractivity contribution in [2.24, 2.45) is 5.92 Å². The Bertz CT molecular complexity index is 1070. The van der Waals surface area contributed by atoms with E-state index in [1.54, 1.807) is 0 Å². The van der Waals surface area contributed by atoms with Crippen LogP contribution in [0.5, 0.6) is 0 Å². The maximum absolute atomic E-state index is 13.4. The largest absolute Gasteiger partial charge is 0.480 e. The third kappa shape index (κ3) is 4.64. The quantitative estimate of drug-likeness (QED) is 0.660. The maximum atomic E-state index is 13.4. The lowest BCUT2D eigenvalue weighted by Gasteiger charge is -2.39. The van der Waals surface area contributed by atoms with Gasteiger partial charge in [-0.1, -0.05) is 61.4 Å². The first-order valence-corrected chi connectivity index (χ1v) is 12.7. The minimum atomic E-state index is -0.949. The number of fused-ring (bicyclic) bond motifs is 3. The van der Waals surface area contributed by atoms with Crippen molar-refractivity contribution in [1.82, 2.24) is 10.2 Å². The van der Waals surface area contributed by atoms with Gasteiger partial charge < -0.3 is 20.1 Å². The summed E-state index contributed by atoms with van der Waals surface area (Å²) in [4.78, 5) is 39.5. The number of alkyl carbamates (subject to hydrolysis) is 1. The number of piperidine rings is 1. The van der Waals surface area contributed by atoms with E-state index in [0.717, 1.165) is 36.8 Å². The van der Waals surface area contributed by atoms with Gasteiger partial charge in [-0.2, -0.15) is 0 Å². The first-order valence-electron chi connectivity index (χ1n) is 12.7. The number of nitrogens with zero attached hydrogens (tertiary/aromatic N) is 1. The zero-order chi connectivity index (χ0) is 24.4. The summed E-state index contributed by atoms with van der Waals surface area (Å²) in [5, 5.41) is 12.5. The molecular weight excluding hydrogens is 444 g/mol. The fourth-order valence-corrected chi connectivity index (χ4v) is 6.06. The molecule has 2 aromatic rings. The molecule has 1 saturated heterocycles. The molecule has 0 aromatic heterocycles. The van der Waals surface area contributed by atoms with E-state index in [2.05, 4.69) is 29.6 Å². The second-order valence-electron chi connectivity index (χ2n) is 9.85. The van der Waals surface area contributed by atoms with Gasteiger partial charge >= 0.3 is 12.1 Å². The van der Waals surface area contributed by atoms with Crippen molar-refractivity contribution < 1.29 is 24.2 Å². The second-order valence-corrected chi connectivity index (χ2v) is 9.85. The Morgan fingerprint density at radius 1 is 0.886 bits per heavy atom. The van der Waals surface area contributed by atoms with E-state index in [0.29, 0.717) is 25.8 Å². The molecule has 0 spiro atoms. The summed E-state index contributed by atoms with van der Waals surface area (Å²) in [7, 11) is 0. The van der Waals surface area contributed by atoms with Crippen molar-refractivity contribution >= 4 is 18.0 Å². The molecule has 1 saturated carbocycles. The van der Waals surface area contributed by atoms with E-state index in [9.17, 15) is 19.5 Å². The maximum Gasteiger partial charge on any atom is 0.407 e. The minimum absolute atomic E-state index is 0.0263. The summed E-state index contributed by atoms with van der Waals surface area (Å²) in [6.45, 7) is 0.683. The van der Waals surface area contributed by atoms with E-state index in [4.69, 9.17) is 4.74 Å². The van der Waals surface area contributed by atoms with E-state index >= 15 is 0 Å². The first-order chi connectivity index (χ1) is 17.0. The van der Waals surface area contributed by atoms with Crippen LogP contribution in [0.2, 0.25) is 0 Å². The van der Waals surface area contributed by atoms with Gasteiger partial charge in [0.1, 0.15) is 12.6 Å². The number of carbonyl (C=O) groups excluding carboxylic acids is 2. The normalized spacial score (nSPS) is 23.8. The van der Waals surface area contributed by atoms with Gasteiger partial charge in [-0.25, -0.2) is 9.59 Å². The van der Waals surface area contributed by atoms with Crippen LogP contribution in [0.15, 0.2) is 48.5 Å². The van der Waals surface area contributed by atoms with Gasteiger partial charge in [0.2, 0.25) is 5.91 Å². The Labute approximate surface area is 205 Å². The molecule has 5 rings (SSSR count). The fourth-order valence-electron chi connectivity index (χ4n) is 6.06. The van der Waals surface area contributed by atoms with Crippen LogP contribution in [0.4, 0.5) is 4.79 Å². The lowest BCUT2D eigenvalue weighted by molar-refractivity contribution is -0.154. The average Bonchev–Trinajstić information content (AvgIpc) is 3.21. The Hall–Kier alpha value is -3.35. The van der Waals surface area contributed by atoms with Crippen molar-refractivity contribution in [3.8, 4) is 11.1 Å². The molecule has 2 aliphatic carbocycles. The highest BCUT2D eigenvalue weighted by atomic mass is 16.5. The molecule has 3 aliphatic rings. The monoisotopic (exact) mass is 476 g/mol. The highest BCUT2D eigenvalue weighted by Crippen LogP contribution is 2.44. The van der Waals surface area contributed by atoms with E-state index < -0.39 is 24.0 Å². The number of hydrogen-bond donors (Lipinski definition) is 2. The summed E-state index contributed by atoms with van der Waals surface area (Å²) >= 11 is 0. The van der Waals surface area contributed by atoms with Crippen molar-refractivity contribution in [2.45, 2.75) is 62.9 Å². The molecular formula is C28H32N2O5. The van der Waals surface area contributed by atoms with E-state index in [-0.39, 0.29) is 24.5 Å². The zero-order valence-electron chi connectivity index (χ0n) is 19.8. The minimum Gasteiger partial charge on any atom is -0.480 e. The summed E-state index contributed by atoms with van der Waals surface area (Å²) in [5.74, 6) is -1.54. The number of rotatable bonds is 5. The third-order valence-electron chi connectivity index (χ3n) is 7.80. The van der Waals surface area contributed by atoms with Crippen molar-refractivity contribution in [3.63, 3.8) is 0 Å². The lowest BCUT2D eigenvalue weighted by Crippen LogP contribution is -2.55. The molecule has 1 heterocycles. The van der Waals surface area contributed by atoms with Crippen LogP contribution in [0.1, 0.15) is 62.0 Å². The number of carboxylic acids is 1. The van der Waals surface area contributed by atoms with Gasteiger partial charge in [-0.15, -0.1) is 0 Å². The Morgan fingerprint density at radius 3 is 2.20 bits per heavy atom. The molecule has 35 heavy (non-hydrogen) atoms. The molecule has 2 aromatic carbocycles. The summed E-state index contributed by atoms with van der Waals surface area (Å²) in [6, 6.07) is 15.3. The molecule has 1 aliphatic heterocycles. The molecule has 3 unspecified atom stereocenters. The molecule has 2 amide bonds. The van der Waals surface area contributed by atoms with Crippen LogP contribution in [0.3, 0.4) is 0 Å². The third-order valence-corrected chi connectivity index (χ3v) is 7.80. The molecule has 7 nitrogen and oxygen atoms in total. The SMILES string of the molecule is O=C(NC1CCCCC1C(=O)N1CCCCC1C(=O)O)OCC1c2ccccc2-c2ccccc21. The molecule has 184 valence electrons. The van der Waals surface area contributed by atoms with E-state index in [1.165, 1.54) is 16.0 Å². The highest BCUT2D eigenvalue weighted by Gasteiger charge is 2.40. The molecule has 2 fully saturated rings. The first kappa shape index (κ1) is 23.4. The predicted octanol–water partition coefficient (Wildman–Crippen LogP) is 4.55. The molecule has 0 radical (unpaired) electrons. The van der Waals surface area contributed by atoms with Crippen molar-refractivity contribution in [2.75, 3.05) is 13.2 Å². The number of hydrogen-bond acceptors (Lipinski definition) is 4. The molecule has 3 atom stereocenters. The number of amides is 2. The van der Waals surface area contributed by atoms with Gasteiger partial charge in [0.15, 0.2) is 0 Å². The predicted molar refractivity (Wildman–Crippen MR) is 131 cm³/mol. The summed E-state index contributed by atoms with van der Waals surface area (Å²) in [6.07, 6.45) is 4.73. The fraction of sp³-hybridized carbons (Fsp3) is 0.464. The Kier molecular flexibility index (Phi) is 6.75.